The number of fused-ring (bicyclic) bond motifs is 1. The van der Waals surface area contributed by atoms with E-state index in [1.54, 1.807) is 0 Å². The average molecular weight is 310 g/mol. The van der Waals surface area contributed by atoms with E-state index in [1.807, 2.05) is 61.2 Å². The zero-order valence-electron chi connectivity index (χ0n) is 13.9. The van der Waals surface area contributed by atoms with Crippen molar-refractivity contribution < 1.29 is 4.79 Å². The topological polar surface area (TPSA) is 49.3 Å². The zero-order chi connectivity index (χ0) is 16.4. The standard InChI is InChI=1S/C18H22N4O/c1-4-16(23)22-11-10-15-14(12-22)18(21(2)3)20-17(19-15)13-8-6-5-7-9-13/h5-9H,4,10-12H2,1-3H3. The molecule has 3 rings (SSSR count). The summed E-state index contributed by atoms with van der Waals surface area (Å²) in [5.74, 6) is 1.85. The van der Waals surface area contributed by atoms with Crippen molar-refractivity contribution in [3.63, 3.8) is 0 Å². The summed E-state index contributed by atoms with van der Waals surface area (Å²) in [5, 5.41) is 0. The van der Waals surface area contributed by atoms with E-state index in [1.165, 1.54) is 0 Å². The Labute approximate surface area is 137 Å². The Morgan fingerprint density at radius 1 is 1.22 bits per heavy atom. The number of carbonyl (C=O) groups is 1. The summed E-state index contributed by atoms with van der Waals surface area (Å²) < 4.78 is 0. The predicted molar refractivity (Wildman–Crippen MR) is 91.2 cm³/mol. The minimum Gasteiger partial charge on any atom is -0.362 e. The molecule has 1 aliphatic rings. The van der Waals surface area contributed by atoms with Crippen molar-refractivity contribution in [3.05, 3.63) is 41.6 Å². The number of benzene rings is 1. The molecule has 0 bridgehead atoms. The molecule has 0 radical (unpaired) electrons. The van der Waals surface area contributed by atoms with Gasteiger partial charge in [-0.3, -0.25) is 4.79 Å². The third kappa shape index (κ3) is 3.04. The number of hydrogen-bond donors (Lipinski definition) is 0. The first-order chi connectivity index (χ1) is 11.1. The highest BCUT2D eigenvalue weighted by Gasteiger charge is 2.25. The Hall–Kier alpha value is -2.43. The SMILES string of the molecule is CCC(=O)N1CCc2nc(-c3ccccc3)nc(N(C)C)c2C1. The van der Waals surface area contributed by atoms with Crippen LogP contribution in [-0.4, -0.2) is 41.4 Å². The van der Waals surface area contributed by atoms with Crippen molar-refractivity contribution in [2.75, 3.05) is 25.5 Å². The summed E-state index contributed by atoms with van der Waals surface area (Å²) in [6.07, 6.45) is 1.32. The van der Waals surface area contributed by atoms with Crippen LogP contribution in [0.5, 0.6) is 0 Å². The van der Waals surface area contributed by atoms with Crippen LogP contribution in [0.25, 0.3) is 11.4 Å². The fourth-order valence-corrected chi connectivity index (χ4v) is 2.92. The van der Waals surface area contributed by atoms with Crippen LogP contribution in [0.1, 0.15) is 24.6 Å². The first kappa shape index (κ1) is 15.5. The van der Waals surface area contributed by atoms with Gasteiger partial charge in [-0.25, -0.2) is 9.97 Å². The number of anilines is 1. The smallest absolute Gasteiger partial charge is 0.222 e. The van der Waals surface area contributed by atoms with E-state index >= 15 is 0 Å². The molecule has 0 fully saturated rings. The third-order valence-electron chi connectivity index (χ3n) is 4.15. The van der Waals surface area contributed by atoms with Gasteiger partial charge in [-0.05, 0) is 0 Å². The minimum absolute atomic E-state index is 0.187. The van der Waals surface area contributed by atoms with E-state index in [4.69, 9.17) is 9.97 Å². The lowest BCUT2D eigenvalue weighted by molar-refractivity contribution is -0.131. The van der Waals surface area contributed by atoms with E-state index in [9.17, 15) is 4.79 Å². The van der Waals surface area contributed by atoms with Gasteiger partial charge in [-0.1, -0.05) is 37.3 Å². The summed E-state index contributed by atoms with van der Waals surface area (Å²) >= 11 is 0. The van der Waals surface area contributed by atoms with E-state index in [2.05, 4.69) is 0 Å². The normalized spacial score (nSPS) is 13.6. The molecule has 23 heavy (non-hydrogen) atoms. The molecule has 5 heteroatoms. The predicted octanol–water partition coefficient (Wildman–Crippen LogP) is 2.50. The molecule has 0 unspecified atom stereocenters. The molecule has 2 aromatic rings. The lowest BCUT2D eigenvalue weighted by Crippen LogP contribution is -2.37. The first-order valence-corrected chi connectivity index (χ1v) is 8.00. The molecule has 120 valence electrons. The van der Waals surface area contributed by atoms with Crippen molar-refractivity contribution in [2.45, 2.75) is 26.3 Å². The summed E-state index contributed by atoms with van der Waals surface area (Å²) in [6, 6.07) is 10.0. The summed E-state index contributed by atoms with van der Waals surface area (Å²) in [5.41, 5.74) is 3.15. The van der Waals surface area contributed by atoms with E-state index in [0.717, 1.165) is 41.4 Å². The highest BCUT2D eigenvalue weighted by atomic mass is 16.2. The van der Waals surface area contributed by atoms with Crippen molar-refractivity contribution >= 4 is 11.7 Å². The van der Waals surface area contributed by atoms with Crippen LogP contribution in [0.3, 0.4) is 0 Å². The zero-order valence-corrected chi connectivity index (χ0v) is 13.9. The van der Waals surface area contributed by atoms with Crippen LogP contribution in [0, 0.1) is 0 Å². The quantitative estimate of drug-likeness (QED) is 0.874. The van der Waals surface area contributed by atoms with Crippen molar-refractivity contribution in [2.24, 2.45) is 0 Å². The molecular formula is C18H22N4O. The fourth-order valence-electron chi connectivity index (χ4n) is 2.92. The Balaban J connectivity index is 2.04. The minimum atomic E-state index is 0.187. The third-order valence-corrected chi connectivity index (χ3v) is 4.15. The number of amides is 1. The second kappa shape index (κ2) is 6.36. The summed E-state index contributed by atoms with van der Waals surface area (Å²) in [6.45, 7) is 3.24. The van der Waals surface area contributed by atoms with Crippen molar-refractivity contribution in [1.82, 2.24) is 14.9 Å². The molecule has 0 spiro atoms. The molecule has 0 saturated heterocycles. The van der Waals surface area contributed by atoms with Crippen LogP contribution >= 0.6 is 0 Å². The molecular weight excluding hydrogens is 288 g/mol. The molecule has 1 aromatic heterocycles. The Bertz CT molecular complexity index is 712. The fraction of sp³-hybridized carbons (Fsp3) is 0.389. The number of rotatable bonds is 3. The summed E-state index contributed by atoms with van der Waals surface area (Å²) in [4.78, 5) is 25.5. The van der Waals surface area contributed by atoms with Gasteiger partial charge in [0.15, 0.2) is 5.82 Å². The van der Waals surface area contributed by atoms with Gasteiger partial charge in [0.1, 0.15) is 5.82 Å². The first-order valence-electron chi connectivity index (χ1n) is 8.00. The van der Waals surface area contributed by atoms with Crippen LogP contribution in [0.4, 0.5) is 5.82 Å². The van der Waals surface area contributed by atoms with E-state index in [-0.39, 0.29) is 5.91 Å². The molecule has 0 atom stereocenters. The lowest BCUT2D eigenvalue weighted by Gasteiger charge is -2.31. The lowest BCUT2D eigenvalue weighted by atomic mass is 10.0. The van der Waals surface area contributed by atoms with Crippen LogP contribution in [-0.2, 0) is 17.8 Å². The second-order valence-corrected chi connectivity index (χ2v) is 5.98. The van der Waals surface area contributed by atoms with Gasteiger partial charge in [0, 0.05) is 44.6 Å². The van der Waals surface area contributed by atoms with Crippen molar-refractivity contribution in [3.8, 4) is 11.4 Å². The van der Waals surface area contributed by atoms with E-state index < -0.39 is 0 Å². The number of aromatic nitrogens is 2. The van der Waals surface area contributed by atoms with Gasteiger partial charge in [-0.2, -0.15) is 0 Å². The summed E-state index contributed by atoms with van der Waals surface area (Å²) in [7, 11) is 3.97. The number of carbonyl (C=O) groups excluding carboxylic acids is 1. The molecule has 2 heterocycles. The van der Waals surface area contributed by atoms with Gasteiger partial charge < -0.3 is 9.80 Å². The average Bonchev–Trinajstić information content (AvgIpc) is 2.60. The van der Waals surface area contributed by atoms with Gasteiger partial charge in [-0.15, -0.1) is 0 Å². The Morgan fingerprint density at radius 2 is 1.96 bits per heavy atom. The number of hydrogen-bond acceptors (Lipinski definition) is 4. The van der Waals surface area contributed by atoms with Gasteiger partial charge in [0.05, 0.1) is 12.2 Å². The Kier molecular flexibility index (Phi) is 4.28. The van der Waals surface area contributed by atoms with Crippen molar-refractivity contribution in [1.29, 1.82) is 0 Å². The number of nitrogens with zero attached hydrogens (tertiary/aromatic N) is 4. The second-order valence-electron chi connectivity index (χ2n) is 5.98. The molecule has 1 aromatic carbocycles. The molecule has 0 N–H and O–H groups in total. The van der Waals surface area contributed by atoms with Gasteiger partial charge in [0.2, 0.25) is 5.91 Å². The largest absolute Gasteiger partial charge is 0.362 e. The maximum absolute atomic E-state index is 12.0. The molecule has 0 aliphatic carbocycles. The van der Waals surface area contributed by atoms with Crippen LogP contribution in [0.15, 0.2) is 30.3 Å². The maximum Gasteiger partial charge on any atom is 0.222 e. The van der Waals surface area contributed by atoms with Crippen LogP contribution < -0.4 is 4.90 Å². The van der Waals surface area contributed by atoms with E-state index in [0.29, 0.717) is 13.0 Å². The van der Waals surface area contributed by atoms with Crippen LogP contribution in [0.2, 0.25) is 0 Å². The molecule has 1 amide bonds. The maximum atomic E-state index is 12.0. The Morgan fingerprint density at radius 3 is 2.61 bits per heavy atom. The van der Waals surface area contributed by atoms with Gasteiger partial charge in [0.25, 0.3) is 0 Å². The molecule has 5 nitrogen and oxygen atoms in total. The van der Waals surface area contributed by atoms with Gasteiger partial charge >= 0.3 is 0 Å². The highest BCUT2D eigenvalue weighted by Crippen LogP contribution is 2.28. The highest BCUT2D eigenvalue weighted by molar-refractivity contribution is 5.76. The molecule has 0 saturated carbocycles. The molecule has 1 aliphatic heterocycles. The monoisotopic (exact) mass is 310 g/mol.